The average Bonchev–Trinajstić information content (AvgIpc) is 2.92. The maximum atomic E-state index is 10.8. The van der Waals surface area contributed by atoms with Crippen molar-refractivity contribution < 1.29 is 5.11 Å². The van der Waals surface area contributed by atoms with Crippen LogP contribution >= 0.6 is 0 Å². The zero-order chi connectivity index (χ0) is 24.2. The molecule has 35 heavy (non-hydrogen) atoms. The van der Waals surface area contributed by atoms with E-state index < -0.39 is 0 Å². The number of nitrogens with zero attached hydrogens (tertiary/aromatic N) is 2. The van der Waals surface area contributed by atoms with Crippen LogP contribution in [-0.2, 0) is 0 Å². The maximum Gasteiger partial charge on any atom is 0.225 e. The number of aryl methyl sites for hydroxylation is 1. The Kier molecular flexibility index (Phi) is 6.96. The minimum absolute atomic E-state index is 0.337. The zero-order valence-electron chi connectivity index (χ0n) is 20.5. The molecule has 1 aliphatic rings. The van der Waals surface area contributed by atoms with Crippen LogP contribution < -0.4 is 10.6 Å². The van der Waals surface area contributed by atoms with Crippen molar-refractivity contribution in [3.8, 4) is 11.1 Å². The van der Waals surface area contributed by atoms with Crippen LogP contribution in [0.1, 0.15) is 42.9 Å². The molecule has 4 aromatic rings. The van der Waals surface area contributed by atoms with Crippen LogP contribution in [0, 0.1) is 18.8 Å². The molecule has 180 valence electrons. The Balaban J connectivity index is 1.23. The zero-order valence-corrected chi connectivity index (χ0v) is 20.5. The second-order valence-electron chi connectivity index (χ2n) is 9.76. The van der Waals surface area contributed by atoms with E-state index in [-0.39, 0.29) is 6.10 Å². The van der Waals surface area contributed by atoms with Gasteiger partial charge in [-0.15, -0.1) is 0 Å². The fraction of sp³-hybridized carbons (Fsp3) is 0.333. The Morgan fingerprint density at radius 3 is 2.31 bits per heavy atom. The molecule has 1 unspecified atom stereocenters. The minimum Gasteiger partial charge on any atom is -0.388 e. The van der Waals surface area contributed by atoms with Gasteiger partial charge < -0.3 is 15.7 Å². The summed E-state index contributed by atoms with van der Waals surface area (Å²) in [7, 11) is 1.91. The molecule has 1 aromatic heterocycles. The molecular weight excluding hydrogens is 432 g/mol. The van der Waals surface area contributed by atoms with Gasteiger partial charge in [0.05, 0.1) is 11.6 Å². The van der Waals surface area contributed by atoms with Gasteiger partial charge in [0.2, 0.25) is 5.95 Å². The lowest BCUT2D eigenvalue weighted by molar-refractivity contribution is 0.0749. The lowest BCUT2D eigenvalue weighted by Gasteiger charge is -2.31. The Morgan fingerprint density at radius 2 is 1.60 bits per heavy atom. The third kappa shape index (κ3) is 5.30. The Labute approximate surface area is 207 Å². The van der Waals surface area contributed by atoms with E-state index in [1.165, 1.54) is 11.1 Å². The molecule has 0 aliphatic heterocycles. The van der Waals surface area contributed by atoms with Gasteiger partial charge in [0, 0.05) is 19.0 Å². The lowest BCUT2D eigenvalue weighted by Crippen LogP contribution is -2.25. The molecule has 1 saturated carbocycles. The van der Waals surface area contributed by atoms with Gasteiger partial charge in [-0.3, -0.25) is 0 Å². The highest BCUT2D eigenvalue weighted by molar-refractivity contribution is 5.93. The summed E-state index contributed by atoms with van der Waals surface area (Å²) in [5.41, 5.74) is 5.56. The van der Waals surface area contributed by atoms with Crippen molar-refractivity contribution in [3.05, 3.63) is 83.9 Å². The summed E-state index contributed by atoms with van der Waals surface area (Å²) in [5.74, 6) is 2.40. The molecule has 0 amide bonds. The van der Waals surface area contributed by atoms with Crippen LogP contribution in [0.3, 0.4) is 0 Å². The number of hydrogen-bond acceptors (Lipinski definition) is 5. The van der Waals surface area contributed by atoms with E-state index in [2.05, 4.69) is 60.0 Å². The molecule has 1 fully saturated rings. The number of nitrogens with one attached hydrogen (secondary N) is 2. The molecule has 1 aliphatic carbocycles. The van der Waals surface area contributed by atoms with E-state index in [9.17, 15) is 5.11 Å². The third-order valence-corrected chi connectivity index (χ3v) is 7.35. The molecular formula is C30H34N4O. The molecule has 0 saturated heterocycles. The minimum atomic E-state index is -0.364. The van der Waals surface area contributed by atoms with Gasteiger partial charge in [0.15, 0.2) is 0 Å². The number of anilines is 2. The Hall–Kier alpha value is -3.44. The van der Waals surface area contributed by atoms with E-state index in [1.807, 2.05) is 37.4 Å². The van der Waals surface area contributed by atoms with Gasteiger partial charge in [-0.25, -0.2) is 4.98 Å². The molecule has 5 rings (SSSR count). The lowest BCUT2D eigenvalue weighted by atomic mass is 9.78. The molecule has 3 N–H and O–H groups in total. The number of aliphatic hydroxyl groups excluding tert-OH is 1. The summed E-state index contributed by atoms with van der Waals surface area (Å²) in [6.07, 6.45) is 3.94. The van der Waals surface area contributed by atoms with Crippen molar-refractivity contribution in [2.24, 2.45) is 11.8 Å². The summed E-state index contributed by atoms with van der Waals surface area (Å²) >= 11 is 0. The largest absolute Gasteiger partial charge is 0.388 e. The summed E-state index contributed by atoms with van der Waals surface area (Å²) in [5, 5.41) is 18.5. The molecule has 5 heteroatoms. The Morgan fingerprint density at radius 1 is 0.886 bits per heavy atom. The van der Waals surface area contributed by atoms with E-state index in [4.69, 9.17) is 9.97 Å². The van der Waals surface area contributed by atoms with Crippen molar-refractivity contribution in [3.63, 3.8) is 0 Å². The smallest absolute Gasteiger partial charge is 0.225 e. The summed E-state index contributed by atoms with van der Waals surface area (Å²) < 4.78 is 0. The van der Waals surface area contributed by atoms with E-state index in [1.54, 1.807) is 0 Å². The molecule has 0 radical (unpaired) electrons. The van der Waals surface area contributed by atoms with Gasteiger partial charge in [-0.05, 0) is 73.3 Å². The number of hydrogen-bond donors (Lipinski definition) is 3. The first-order valence-electron chi connectivity index (χ1n) is 12.6. The van der Waals surface area contributed by atoms with Gasteiger partial charge in [-0.1, -0.05) is 66.2 Å². The number of aliphatic hydroxyl groups is 1. The Bertz CT molecular complexity index is 1270. The normalized spacial score (nSPS) is 18.8. The van der Waals surface area contributed by atoms with Crippen molar-refractivity contribution in [2.75, 3.05) is 24.2 Å². The van der Waals surface area contributed by atoms with Crippen molar-refractivity contribution in [1.82, 2.24) is 9.97 Å². The van der Waals surface area contributed by atoms with Gasteiger partial charge in [0.1, 0.15) is 5.82 Å². The van der Waals surface area contributed by atoms with Crippen LogP contribution in [0.25, 0.3) is 22.0 Å². The third-order valence-electron chi connectivity index (χ3n) is 7.35. The fourth-order valence-electron chi connectivity index (χ4n) is 5.19. The van der Waals surface area contributed by atoms with E-state index in [0.29, 0.717) is 17.8 Å². The first-order valence-corrected chi connectivity index (χ1v) is 12.6. The monoisotopic (exact) mass is 466 g/mol. The summed E-state index contributed by atoms with van der Waals surface area (Å²) in [6.45, 7) is 2.95. The maximum absolute atomic E-state index is 10.8. The predicted molar refractivity (Wildman–Crippen MR) is 145 cm³/mol. The highest BCUT2D eigenvalue weighted by atomic mass is 16.3. The highest BCUT2D eigenvalue weighted by Gasteiger charge is 2.27. The number of fused-ring (bicyclic) bond motifs is 1. The van der Waals surface area contributed by atoms with Crippen LogP contribution in [0.2, 0.25) is 0 Å². The molecule has 1 heterocycles. The fourth-order valence-corrected chi connectivity index (χ4v) is 5.19. The van der Waals surface area contributed by atoms with Crippen LogP contribution in [0.15, 0.2) is 72.8 Å². The van der Waals surface area contributed by atoms with E-state index in [0.717, 1.165) is 60.1 Å². The SMILES string of the molecule is CNc1nc(NCC2CCC(C(O)c3ccccc3)CC2)nc2ccc(-c3ccc(C)cc3)cc12. The molecule has 1 atom stereocenters. The topological polar surface area (TPSA) is 70.1 Å². The molecule has 5 nitrogen and oxygen atoms in total. The van der Waals surface area contributed by atoms with E-state index >= 15 is 0 Å². The predicted octanol–water partition coefficient (Wildman–Crippen LogP) is 6.60. The van der Waals surface area contributed by atoms with Gasteiger partial charge in [0.25, 0.3) is 0 Å². The van der Waals surface area contributed by atoms with Crippen LogP contribution in [0.4, 0.5) is 11.8 Å². The van der Waals surface area contributed by atoms with Crippen LogP contribution in [-0.4, -0.2) is 28.7 Å². The first kappa shape index (κ1) is 23.3. The summed E-state index contributed by atoms with van der Waals surface area (Å²) in [6, 6.07) is 25.0. The van der Waals surface area contributed by atoms with Crippen molar-refractivity contribution >= 4 is 22.7 Å². The molecule has 0 spiro atoms. The first-order chi connectivity index (χ1) is 17.1. The number of benzene rings is 3. The standard InChI is InChI=1S/C30H34N4O/c1-20-8-12-22(13-9-20)25-16-17-27-26(18-25)29(31-2)34-30(33-27)32-19-21-10-14-24(15-11-21)28(35)23-6-4-3-5-7-23/h3-9,12-13,16-18,21,24,28,35H,10-11,14-15,19H2,1-2H3,(H2,31,32,33,34). The molecule has 3 aromatic carbocycles. The van der Waals surface area contributed by atoms with Crippen molar-refractivity contribution in [2.45, 2.75) is 38.7 Å². The molecule has 0 bridgehead atoms. The van der Waals surface area contributed by atoms with Crippen LogP contribution in [0.5, 0.6) is 0 Å². The average molecular weight is 467 g/mol. The number of rotatable bonds is 7. The second-order valence-corrected chi connectivity index (χ2v) is 9.76. The highest BCUT2D eigenvalue weighted by Crippen LogP contribution is 2.37. The summed E-state index contributed by atoms with van der Waals surface area (Å²) in [4.78, 5) is 9.56. The quantitative estimate of drug-likeness (QED) is 0.286. The second kappa shape index (κ2) is 10.4. The van der Waals surface area contributed by atoms with Crippen molar-refractivity contribution in [1.29, 1.82) is 0 Å². The van der Waals surface area contributed by atoms with Gasteiger partial charge >= 0.3 is 0 Å². The van der Waals surface area contributed by atoms with Gasteiger partial charge in [-0.2, -0.15) is 4.98 Å². The number of aromatic nitrogens is 2.